The Hall–Kier alpha value is -3.72. The maximum absolute atomic E-state index is 14.6. The van der Waals surface area contributed by atoms with Gasteiger partial charge in [0, 0.05) is 37.5 Å². The molecule has 1 atom stereocenters. The van der Waals surface area contributed by atoms with Gasteiger partial charge < -0.3 is 4.90 Å². The number of halogens is 1. The minimum Gasteiger partial charge on any atom is -0.322 e. The standard InChI is InChI=1S/C27H26FN5O3/c28-18-12-19(21-15-33(27(36)20(21)13-18)24-3-4-25(34)31-26(24)35)17-5-9-32(10-6-17)14-16-1-2-22-23(11-16)30-8-7-29-22/h1-2,7-8,11-13,17,24H,3-6,9-10,14-15H2,(H,31,34,35). The Bertz CT molecular complexity index is 1390. The lowest BCUT2D eigenvalue weighted by Crippen LogP contribution is -2.52. The van der Waals surface area contributed by atoms with E-state index in [9.17, 15) is 18.8 Å². The molecule has 3 amide bonds. The van der Waals surface area contributed by atoms with Crippen molar-refractivity contribution in [3.63, 3.8) is 0 Å². The van der Waals surface area contributed by atoms with Gasteiger partial charge in [-0.3, -0.25) is 34.6 Å². The minimum absolute atomic E-state index is 0.141. The van der Waals surface area contributed by atoms with E-state index in [2.05, 4.69) is 32.3 Å². The van der Waals surface area contributed by atoms with Crippen LogP contribution in [0.5, 0.6) is 0 Å². The first-order chi connectivity index (χ1) is 17.5. The van der Waals surface area contributed by atoms with Crippen LogP contribution >= 0.6 is 0 Å². The average Bonchev–Trinajstić information content (AvgIpc) is 3.20. The van der Waals surface area contributed by atoms with Crippen LogP contribution in [-0.2, 0) is 22.7 Å². The SMILES string of the molecule is O=C1CCC(N2Cc3c(cc(F)cc3C3CCN(Cc4ccc5nccnc5c4)CC3)C2=O)C(=O)N1. The molecular weight excluding hydrogens is 461 g/mol. The van der Waals surface area contributed by atoms with E-state index in [1.807, 2.05) is 6.07 Å². The van der Waals surface area contributed by atoms with Gasteiger partial charge in [-0.25, -0.2) is 4.39 Å². The molecular formula is C27H26FN5O3. The Kier molecular flexibility index (Phi) is 5.72. The summed E-state index contributed by atoms with van der Waals surface area (Å²) in [6.45, 7) is 2.80. The molecule has 6 rings (SSSR count). The van der Waals surface area contributed by atoms with Crippen molar-refractivity contribution < 1.29 is 18.8 Å². The predicted octanol–water partition coefficient (Wildman–Crippen LogP) is 2.91. The molecule has 0 aliphatic carbocycles. The summed E-state index contributed by atoms with van der Waals surface area (Å²) in [6, 6.07) is 8.28. The van der Waals surface area contributed by atoms with Crippen LogP contribution in [0, 0.1) is 5.82 Å². The van der Waals surface area contributed by atoms with E-state index >= 15 is 0 Å². The number of likely N-dealkylation sites (tertiary alicyclic amines) is 1. The van der Waals surface area contributed by atoms with Crippen molar-refractivity contribution in [2.45, 2.75) is 50.7 Å². The molecule has 0 bridgehead atoms. The first-order valence-electron chi connectivity index (χ1n) is 12.4. The van der Waals surface area contributed by atoms with Gasteiger partial charge in [0.25, 0.3) is 5.91 Å². The molecule has 1 aromatic heterocycles. The smallest absolute Gasteiger partial charge is 0.255 e. The quantitative estimate of drug-likeness (QED) is 0.569. The molecule has 3 aromatic rings. The van der Waals surface area contributed by atoms with Gasteiger partial charge >= 0.3 is 0 Å². The number of nitrogens with one attached hydrogen (secondary N) is 1. The van der Waals surface area contributed by atoms with E-state index in [1.165, 1.54) is 16.5 Å². The zero-order valence-corrected chi connectivity index (χ0v) is 19.7. The molecule has 1 unspecified atom stereocenters. The summed E-state index contributed by atoms with van der Waals surface area (Å²) < 4.78 is 14.6. The summed E-state index contributed by atoms with van der Waals surface area (Å²) in [7, 11) is 0. The van der Waals surface area contributed by atoms with Crippen LogP contribution in [0.3, 0.4) is 0 Å². The van der Waals surface area contributed by atoms with Crippen molar-refractivity contribution in [3.8, 4) is 0 Å². The summed E-state index contributed by atoms with van der Waals surface area (Å²) >= 11 is 0. The number of rotatable bonds is 4. The maximum Gasteiger partial charge on any atom is 0.255 e. The first-order valence-corrected chi connectivity index (χ1v) is 12.4. The van der Waals surface area contributed by atoms with Crippen molar-refractivity contribution in [2.24, 2.45) is 0 Å². The third-order valence-corrected chi connectivity index (χ3v) is 7.62. The second-order valence-electron chi connectivity index (χ2n) is 9.85. The van der Waals surface area contributed by atoms with Crippen LogP contribution in [0.4, 0.5) is 4.39 Å². The lowest BCUT2D eigenvalue weighted by Gasteiger charge is -2.33. The van der Waals surface area contributed by atoms with Gasteiger partial charge in [0.2, 0.25) is 11.8 Å². The zero-order valence-electron chi connectivity index (χ0n) is 19.7. The molecule has 4 heterocycles. The third-order valence-electron chi connectivity index (χ3n) is 7.62. The van der Waals surface area contributed by atoms with Crippen molar-refractivity contribution >= 4 is 28.8 Å². The Labute approximate surface area is 207 Å². The van der Waals surface area contributed by atoms with Crippen LogP contribution in [-0.4, -0.2) is 56.6 Å². The van der Waals surface area contributed by atoms with E-state index in [-0.39, 0.29) is 30.7 Å². The van der Waals surface area contributed by atoms with Crippen molar-refractivity contribution in [2.75, 3.05) is 13.1 Å². The van der Waals surface area contributed by atoms with E-state index in [4.69, 9.17) is 0 Å². The molecule has 0 saturated carbocycles. The summed E-state index contributed by atoms with van der Waals surface area (Å²) in [5.41, 5.74) is 4.96. The fraction of sp³-hybridized carbons (Fsp3) is 0.370. The number of aromatic nitrogens is 2. The topological polar surface area (TPSA) is 95.5 Å². The summed E-state index contributed by atoms with van der Waals surface area (Å²) in [6.07, 6.45) is 5.58. The Balaban J connectivity index is 1.17. The normalized spacial score (nSPS) is 21.2. The monoisotopic (exact) mass is 487 g/mol. The highest BCUT2D eigenvalue weighted by Gasteiger charge is 2.41. The van der Waals surface area contributed by atoms with Crippen molar-refractivity contribution in [1.82, 2.24) is 25.1 Å². The highest BCUT2D eigenvalue weighted by atomic mass is 19.1. The molecule has 184 valence electrons. The van der Waals surface area contributed by atoms with E-state index < -0.39 is 17.8 Å². The number of fused-ring (bicyclic) bond motifs is 2. The Morgan fingerprint density at radius 3 is 2.53 bits per heavy atom. The van der Waals surface area contributed by atoms with Gasteiger partial charge in [-0.05, 0) is 79.2 Å². The summed E-state index contributed by atoms with van der Waals surface area (Å²) in [5, 5.41) is 2.32. The number of hydrogen-bond acceptors (Lipinski definition) is 6. The fourth-order valence-electron chi connectivity index (χ4n) is 5.78. The molecule has 1 N–H and O–H groups in total. The van der Waals surface area contributed by atoms with Gasteiger partial charge in [0.15, 0.2) is 0 Å². The van der Waals surface area contributed by atoms with E-state index in [1.54, 1.807) is 18.5 Å². The van der Waals surface area contributed by atoms with E-state index in [0.29, 0.717) is 12.0 Å². The second-order valence-corrected chi connectivity index (χ2v) is 9.85. The average molecular weight is 488 g/mol. The number of hydrogen-bond donors (Lipinski definition) is 1. The predicted molar refractivity (Wildman–Crippen MR) is 129 cm³/mol. The number of nitrogens with zero attached hydrogens (tertiary/aromatic N) is 4. The van der Waals surface area contributed by atoms with Crippen LogP contribution in [0.1, 0.15) is 58.6 Å². The number of carbonyl (C=O) groups excluding carboxylic acids is 3. The largest absolute Gasteiger partial charge is 0.322 e. The number of benzene rings is 2. The van der Waals surface area contributed by atoms with Gasteiger partial charge in [-0.1, -0.05) is 6.07 Å². The maximum atomic E-state index is 14.6. The highest BCUT2D eigenvalue weighted by Crippen LogP contribution is 2.38. The Morgan fingerprint density at radius 1 is 0.972 bits per heavy atom. The van der Waals surface area contributed by atoms with Crippen LogP contribution in [0.15, 0.2) is 42.7 Å². The molecule has 3 aliphatic rings. The lowest BCUT2D eigenvalue weighted by atomic mass is 9.85. The number of imide groups is 1. The fourth-order valence-corrected chi connectivity index (χ4v) is 5.78. The van der Waals surface area contributed by atoms with Gasteiger partial charge in [-0.15, -0.1) is 0 Å². The van der Waals surface area contributed by atoms with Crippen LogP contribution in [0.25, 0.3) is 11.0 Å². The lowest BCUT2D eigenvalue weighted by molar-refractivity contribution is -0.136. The molecule has 2 aromatic carbocycles. The summed E-state index contributed by atoms with van der Waals surface area (Å²) in [4.78, 5) is 49.7. The molecule has 0 spiro atoms. The molecule has 2 fully saturated rings. The first kappa shape index (κ1) is 22.7. The molecule has 9 heteroatoms. The van der Waals surface area contributed by atoms with Crippen molar-refractivity contribution in [1.29, 1.82) is 0 Å². The minimum atomic E-state index is -0.702. The van der Waals surface area contributed by atoms with Crippen LogP contribution < -0.4 is 5.32 Å². The van der Waals surface area contributed by atoms with Gasteiger partial charge in [0.1, 0.15) is 11.9 Å². The number of piperidine rings is 2. The van der Waals surface area contributed by atoms with Gasteiger partial charge in [0.05, 0.1) is 11.0 Å². The van der Waals surface area contributed by atoms with Gasteiger partial charge in [-0.2, -0.15) is 0 Å². The van der Waals surface area contributed by atoms with Crippen LogP contribution in [0.2, 0.25) is 0 Å². The molecule has 8 nitrogen and oxygen atoms in total. The summed E-state index contributed by atoms with van der Waals surface area (Å²) in [5.74, 6) is -1.40. The zero-order chi connectivity index (χ0) is 24.8. The Morgan fingerprint density at radius 2 is 1.75 bits per heavy atom. The third kappa shape index (κ3) is 4.13. The molecule has 0 radical (unpaired) electrons. The molecule has 2 saturated heterocycles. The molecule has 36 heavy (non-hydrogen) atoms. The number of carbonyl (C=O) groups is 3. The number of amides is 3. The highest BCUT2D eigenvalue weighted by molar-refractivity contribution is 6.05. The molecule has 3 aliphatic heterocycles. The second kappa shape index (κ2) is 9.05. The van der Waals surface area contributed by atoms with Crippen molar-refractivity contribution in [3.05, 3.63) is 70.8 Å². The van der Waals surface area contributed by atoms with E-state index in [0.717, 1.165) is 54.6 Å².